The van der Waals surface area contributed by atoms with E-state index in [9.17, 15) is 0 Å². The smallest absolute Gasteiger partial charge is 0.277 e. The fraction of sp³-hybridized carbons (Fsp3) is 0.333. The minimum atomic E-state index is 0.642. The molecule has 0 saturated heterocycles. The third-order valence-corrected chi connectivity index (χ3v) is 6.27. The summed E-state index contributed by atoms with van der Waals surface area (Å²) in [6.45, 7) is 2.32. The van der Waals surface area contributed by atoms with Crippen molar-refractivity contribution in [2.24, 2.45) is 5.92 Å². The van der Waals surface area contributed by atoms with Gasteiger partial charge < -0.3 is 4.42 Å². The number of hydrogen-bond acceptors (Lipinski definition) is 5. The number of benzene rings is 1. The lowest BCUT2D eigenvalue weighted by atomic mass is 9.90. The third-order valence-electron chi connectivity index (χ3n) is 4.15. The third kappa shape index (κ3) is 3.35. The molecule has 1 aromatic carbocycles. The minimum Gasteiger partial charge on any atom is -0.410 e. The van der Waals surface area contributed by atoms with Crippen molar-refractivity contribution in [2.75, 3.05) is 0 Å². The molecule has 0 saturated carbocycles. The van der Waals surface area contributed by atoms with Crippen molar-refractivity contribution in [3.05, 3.63) is 52.4 Å². The number of hydrogen-bond donors (Lipinski definition) is 0. The molecule has 0 spiro atoms. The van der Waals surface area contributed by atoms with Crippen molar-refractivity contribution in [3.63, 3.8) is 0 Å². The normalized spacial score (nSPS) is 17.2. The standard InChI is InChI=1S/C18H18N2OS2/c1-12-7-8-15-14(9-12)10-16(23-15)17-19-20-18(21-17)22-11-13-5-3-2-4-6-13/h2-6,10,12H,7-9,11H2,1H3/t12-/m1/s1. The molecule has 3 nitrogen and oxygen atoms in total. The summed E-state index contributed by atoms with van der Waals surface area (Å²) in [5.41, 5.74) is 2.73. The Bertz CT molecular complexity index is 794. The highest BCUT2D eigenvalue weighted by Gasteiger charge is 2.20. The van der Waals surface area contributed by atoms with Gasteiger partial charge in [0.05, 0.1) is 4.88 Å². The van der Waals surface area contributed by atoms with E-state index >= 15 is 0 Å². The number of fused-ring (bicyclic) bond motifs is 1. The van der Waals surface area contributed by atoms with E-state index in [0.29, 0.717) is 11.1 Å². The molecule has 1 atom stereocenters. The van der Waals surface area contributed by atoms with Gasteiger partial charge in [0.1, 0.15) is 0 Å². The second-order valence-electron chi connectivity index (χ2n) is 6.05. The first-order chi connectivity index (χ1) is 11.3. The van der Waals surface area contributed by atoms with Gasteiger partial charge in [-0.25, -0.2) is 0 Å². The monoisotopic (exact) mass is 342 g/mol. The van der Waals surface area contributed by atoms with E-state index in [2.05, 4.69) is 35.3 Å². The number of rotatable bonds is 4. The predicted octanol–water partition coefficient (Wildman–Crippen LogP) is 5.22. The van der Waals surface area contributed by atoms with Gasteiger partial charge >= 0.3 is 0 Å². The number of thiophene rings is 1. The maximum Gasteiger partial charge on any atom is 0.277 e. The SMILES string of the molecule is C[C@@H]1CCc2sc(-c3nnc(SCc4ccccc4)o3)cc2C1. The summed E-state index contributed by atoms with van der Waals surface area (Å²) in [7, 11) is 0. The lowest BCUT2D eigenvalue weighted by Crippen LogP contribution is -2.07. The van der Waals surface area contributed by atoms with Crippen molar-refractivity contribution in [1.29, 1.82) is 0 Å². The number of nitrogens with zero attached hydrogens (tertiary/aromatic N) is 2. The van der Waals surface area contributed by atoms with Crippen LogP contribution in [0.25, 0.3) is 10.8 Å². The summed E-state index contributed by atoms with van der Waals surface area (Å²) in [4.78, 5) is 2.61. The van der Waals surface area contributed by atoms with Crippen LogP contribution in [0.3, 0.4) is 0 Å². The van der Waals surface area contributed by atoms with Crippen molar-refractivity contribution in [2.45, 2.75) is 37.2 Å². The van der Waals surface area contributed by atoms with E-state index in [0.717, 1.165) is 16.5 Å². The zero-order chi connectivity index (χ0) is 15.6. The van der Waals surface area contributed by atoms with Crippen molar-refractivity contribution in [1.82, 2.24) is 10.2 Å². The van der Waals surface area contributed by atoms with Crippen molar-refractivity contribution >= 4 is 23.1 Å². The van der Waals surface area contributed by atoms with Crippen LogP contribution in [-0.4, -0.2) is 10.2 Å². The van der Waals surface area contributed by atoms with E-state index in [1.807, 2.05) is 29.5 Å². The summed E-state index contributed by atoms with van der Waals surface area (Å²) in [5, 5.41) is 9.06. The Morgan fingerprint density at radius 3 is 3.00 bits per heavy atom. The molecule has 3 aromatic rings. The highest BCUT2D eigenvalue weighted by Crippen LogP contribution is 2.37. The number of aromatic nitrogens is 2. The Morgan fingerprint density at radius 2 is 2.13 bits per heavy atom. The van der Waals surface area contributed by atoms with Gasteiger partial charge in [-0.2, -0.15) is 0 Å². The van der Waals surface area contributed by atoms with Crippen molar-refractivity contribution < 1.29 is 4.42 Å². The first-order valence-electron chi connectivity index (χ1n) is 7.90. The van der Waals surface area contributed by atoms with Crippen LogP contribution >= 0.6 is 23.1 Å². The van der Waals surface area contributed by atoms with Gasteiger partial charge in [-0.05, 0) is 42.4 Å². The summed E-state index contributed by atoms with van der Waals surface area (Å²) in [5.74, 6) is 2.29. The maximum absolute atomic E-state index is 5.85. The van der Waals surface area contributed by atoms with E-state index < -0.39 is 0 Å². The number of aryl methyl sites for hydroxylation is 1. The van der Waals surface area contributed by atoms with Crippen LogP contribution in [-0.2, 0) is 18.6 Å². The van der Waals surface area contributed by atoms with Gasteiger partial charge in [-0.1, -0.05) is 49.0 Å². The van der Waals surface area contributed by atoms with Crippen LogP contribution in [0.5, 0.6) is 0 Å². The molecule has 5 heteroatoms. The lowest BCUT2D eigenvalue weighted by molar-refractivity contribution is 0.466. The van der Waals surface area contributed by atoms with Gasteiger partial charge in [-0.15, -0.1) is 21.5 Å². The molecule has 0 N–H and O–H groups in total. The topological polar surface area (TPSA) is 38.9 Å². The molecule has 1 aliphatic carbocycles. The van der Waals surface area contributed by atoms with Gasteiger partial charge in [0.25, 0.3) is 11.1 Å². The molecule has 0 radical (unpaired) electrons. The quantitative estimate of drug-likeness (QED) is 0.610. The molecular weight excluding hydrogens is 324 g/mol. The van der Waals surface area contributed by atoms with E-state index in [1.54, 1.807) is 11.8 Å². The summed E-state index contributed by atoms with van der Waals surface area (Å²) >= 11 is 3.40. The fourth-order valence-electron chi connectivity index (χ4n) is 2.90. The Kier molecular flexibility index (Phi) is 4.23. The van der Waals surface area contributed by atoms with Gasteiger partial charge in [0, 0.05) is 10.6 Å². The molecule has 0 unspecified atom stereocenters. The molecule has 2 heterocycles. The van der Waals surface area contributed by atoms with Gasteiger partial charge in [0.15, 0.2) is 0 Å². The lowest BCUT2D eigenvalue weighted by Gasteiger charge is -2.16. The summed E-state index contributed by atoms with van der Waals surface area (Å²) in [6.07, 6.45) is 3.65. The molecule has 118 valence electrons. The predicted molar refractivity (Wildman–Crippen MR) is 94.8 cm³/mol. The highest BCUT2D eigenvalue weighted by atomic mass is 32.2. The van der Waals surface area contributed by atoms with Crippen LogP contribution in [0.2, 0.25) is 0 Å². The molecule has 4 rings (SSSR count). The molecule has 1 aliphatic rings. The first kappa shape index (κ1) is 15.0. The van der Waals surface area contributed by atoms with Crippen LogP contribution in [0.4, 0.5) is 0 Å². The first-order valence-corrected chi connectivity index (χ1v) is 9.70. The molecule has 0 amide bonds. The van der Waals surface area contributed by atoms with E-state index in [1.165, 1.54) is 35.3 Å². The zero-order valence-electron chi connectivity index (χ0n) is 13.0. The van der Waals surface area contributed by atoms with E-state index in [-0.39, 0.29) is 0 Å². The van der Waals surface area contributed by atoms with Gasteiger partial charge in [-0.3, -0.25) is 0 Å². The Morgan fingerprint density at radius 1 is 1.26 bits per heavy atom. The summed E-state index contributed by atoms with van der Waals surface area (Å²) < 4.78 is 5.85. The second kappa shape index (κ2) is 6.49. The molecule has 0 bridgehead atoms. The molecular formula is C18H18N2OS2. The average Bonchev–Trinajstić information content (AvgIpc) is 3.20. The number of thioether (sulfide) groups is 1. The van der Waals surface area contributed by atoms with Crippen LogP contribution in [0.15, 0.2) is 46.0 Å². The summed E-state index contributed by atoms with van der Waals surface area (Å²) in [6, 6.07) is 12.6. The molecule has 0 fully saturated rings. The Hall–Kier alpha value is -1.59. The van der Waals surface area contributed by atoms with E-state index in [4.69, 9.17) is 4.42 Å². The Labute approximate surface area is 144 Å². The van der Waals surface area contributed by atoms with Gasteiger partial charge in [0.2, 0.25) is 0 Å². The highest BCUT2D eigenvalue weighted by molar-refractivity contribution is 7.98. The van der Waals surface area contributed by atoms with Crippen LogP contribution in [0.1, 0.15) is 29.3 Å². The molecule has 2 aromatic heterocycles. The average molecular weight is 342 g/mol. The molecule has 23 heavy (non-hydrogen) atoms. The minimum absolute atomic E-state index is 0.642. The largest absolute Gasteiger partial charge is 0.410 e. The maximum atomic E-state index is 5.85. The molecule has 0 aliphatic heterocycles. The fourth-order valence-corrected chi connectivity index (χ4v) is 4.75. The van der Waals surface area contributed by atoms with Crippen molar-refractivity contribution in [3.8, 4) is 10.8 Å². The second-order valence-corrected chi connectivity index (χ2v) is 8.12. The Balaban J connectivity index is 1.48. The van der Waals surface area contributed by atoms with Crippen LogP contribution < -0.4 is 0 Å². The van der Waals surface area contributed by atoms with Crippen LogP contribution in [0, 0.1) is 5.92 Å². The zero-order valence-corrected chi connectivity index (χ0v) is 14.6.